The lowest BCUT2D eigenvalue weighted by Gasteiger charge is -2.35. The Morgan fingerprint density at radius 3 is 2.34 bits per heavy atom. The minimum absolute atomic E-state index is 0.0396. The van der Waals surface area contributed by atoms with Crippen molar-refractivity contribution >= 4 is 11.6 Å². The summed E-state index contributed by atoms with van der Waals surface area (Å²) in [4.78, 5) is 8.44. The zero-order chi connectivity index (χ0) is 20.6. The van der Waals surface area contributed by atoms with Gasteiger partial charge in [0.05, 0.1) is 0 Å². The van der Waals surface area contributed by atoms with Crippen LogP contribution in [0.4, 0.5) is 29.2 Å². The zero-order valence-corrected chi connectivity index (χ0v) is 15.6. The first kappa shape index (κ1) is 19.2. The van der Waals surface area contributed by atoms with Gasteiger partial charge in [-0.25, -0.2) is 14.1 Å². The predicted octanol–water partition coefficient (Wildman–Crippen LogP) is 2.77. The molecule has 0 N–H and O–H groups in total. The number of anilines is 2. The van der Waals surface area contributed by atoms with Gasteiger partial charge in [0, 0.05) is 38.1 Å². The van der Waals surface area contributed by atoms with Gasteiger partial charge in [-0.1, -0.05) is 0 Å². The van der Waals surface area contributed by atoms with Gasteiger partial charge in [-0.05, 0) is 36.8 Å². The highest BCUT2D eigenvalue weighted by atomic mass is 19.4. The summed E-state index contributed by atoms with van der Waals surface area (Å²) in [6, 6.07) is 6.00. The van der Waals surface area contributed by atoms with Gasteiger partial charge in [0.2, 0.25) is 5.95 Å². The quantitative estimate of drug-likeness (QED) is 0.621. The Bertz CT molecular complexity index is 986. The Labute approximate surface area is 164 Å². The van der Waals surface area contributed by atoms with Crippen molar-refractivity contribution < 1.29 is 17.6 Å². The van der Waals surface area contributed by atoms with E-state index in [9.17, 15) is 17.6 Å². The third-order valence-electron chi connectivity index (χ3n) is 4.81. The van der Waals surface area contributed by atoms with Crippen LogP contribution in [0.3, 0.4) is 0 Å². The molecule has 1 fully saturated rings. The number of hydrogen-bond acceptors (Lipinski definition) is 5. The Hall–Kier alpha value is -3.11. The Kier molecular flexibility index (Phi) is 4.89. The summed E-state index contributed by atoms with van der Waals surface area (Å²) in [6.45, 7) is 4.60. The minimum atomic E-state index is -4.47. The van der Waals surface area contributed by atoms with Crippen LogP contribution in [0.1, 0.15) is 11.3 Å². The fourth-order valence-corrected chi connectivity index (χ4v) is 3.23. The number of benzene rings is 1. The molecule has 0 atom stereocenters. The second kappa shape index (κ2) is 7.37. The predicted molar refractivity (Wildman–Crippen MR) is 98.2 cm³/mol. The number of aromatic nitrogens is 5. The maximum atomic E-state index is 13.5. The number of hydrogen-bond donors (Lipinski definition) is 0. The standard InChI is InChI=1S/C18H19F4N7/c1-13-10-14(2-3-15(13)19)26-6-8-27(9-7-26)17-23-11-29(25-17)12-28-5-4-16(24-28)18(20,21)22/h2-5,10-11H,6-9,12H2,1H3. The van der Waals surface area contributed by atoms with E-state index in [1.54, 1.807) is 13.0 Å². The normalized spacial score (nSPS) is 15.2. The molecular formula is C18H19F4N7. The highest BCUT2D eigenvalue weighted by Crippen LogP contribution is 2.27. The molecule has 29 heavy (non-hydrogen) atoms. The van der Waals surface area contributed by atoms with Crippen LogP contribution < -0.4 is 9.80 Å². The van der Waals surface area contributed by atoms with Crippen molar-refractivity contribution in [2.24, 2.45) is 0 Å². The molecular weight excluding hydrogens is 390 g/mol. The molecule has 0 spiro atoms. The van der Waals surface area contributed by atoms with E-state index in [1.165, 1.54) is 23.3 Å². The van der Waals surface area contributed by atoms with E-state index in [0.29, 0.717) is 24.6 Å². The van der Waals surface area contributed by atoms with E-state index in [-0.39, 0.29) is 12.5 Å². The first-order chi connectivity index (χ1) is 13.8. The zero-order valence-electron chi connectivity index (χ0n) is 15.6. The molecule has 7 nitrogen and oxygen atoms in total. The molecule has 1 aromatic carbocycles. The lowest BCUT2D eigenvalue weighted by atomic mass is 10.2. The second-order valence-corrected chi connectivity index (χ2v) is 6.87. The molecule has 0 radical (unpaired) electrons. The number of rotatable bonds is 4. The fourth-order valence-electron chi connectivity index (χ4n) is 3.23. The third kappa shape index (κ3) is 4.17. The average Bonchev–Trinajstić information content (AvgIpc) is 3.34. The van der Waals surface area contributed by atoms with Gasteiger partial charge in [0.15, 0.2) is 5.69 Å². The van der Waals surface area contributed by atoms with E-state index < -0.39 is 11.9 Å². The first-order valence-corrected chi connectivity index (χ1v) is 9.06. The molecule has 1 aliphatic rings. The van der Waals surface area contributed by atoms with Crippen LogP contribution in [0.25, 0.3) is 0 Å². The summed E-state index contributed by atoms with van der Waals surface area (Å²) >= 11 is 0. The molecule has 11 heteroatoms. The Balaban J connectivity index is 1.37. The van der Waals surface area contributed by atoms with E-state index in [0.717, 1.165) is 29.5 Å². The van der Waals surface area contributed by atoms with Crippen molar-refractivity contribution in [3.8, 4) is 0 Å². The molecule has 3 heterocycles. The van der Waals surface area contributed by atoms with Crippen molar-refractivity contribution in [2.45, 2.75) is 19.8 Å². The van der Waals surface area contributed by atoms with Gasteiger partial charge >= 0.3 is 6.18 Å². The SMILES string of the molecule is Cc1cc(N2CCN(c3ncn(Cn4ccc(C(F)(F)F)n4)n3)CC2)ccc1F. The molecule has 4 rings (SSSR count). The molecule has 154 valence electrons. The summed E-state index contributed by atoms with van der Waals surface area (Å²) in [6.07, 6.45) is -1.74. The lowest BCUT2D eigenvalue weighted by Crippen LogP contribution is -2.47. The molecule has 0 aliphatic carbocycles. The summed E-state index contributed by atoms with van der Waals surface area (Å²) in [7, 11) is 0. The minimum Gasteiger partial charge on any atom is -0.368 e. The number of piperazine rings is 1. The van der Waals surface area contributed by atoms with Gasteiger partial charge in [-0.15, -0.1) is 5.10 Å². The van der Waals surface area contributed by atoms with E-state index in [4.69, 9.17) is 0 Å². The maximum Gasteiger partial charge on any atom is 0.435 e. The van der Waals surface area contributed by atoms with Crippen molar-refractivity contribution in [3.05, 3.63) is 53.9 Å². The van der Waals surface area contributed by atoms with Crippen molar-refractivity contribution in [1.29, 1.82) is 0 Å². The number of aryl methyl sites for hydroxylation is 1. The number of nitrogens with zero attached hydrogens (tertiary/aromatic N) is 7. The molecule has 0 saturated carbocycles. The largest absolute Gasteiger partial charge is 0.435 e. The van der Waals surface area contributed by atoms with Gasteiger partial charge in [0.25, 0.3) is 0 Å². The third-order valence-corrected chi connectivity index (χ3v) is 4.81. The van der Waals surface area contributed by atoms with Crippen molar-refractivity contribution in [3.63, 3.8) is 0 Å². The maximum absolute atomic E-state index is 13.5. The van der Waals surface area contributed by atoms with Gasteiger partial charge in [-0.3, -0.25) is 4.68 Å². The number of halogens is 4. The van der Waals surface area contributed by atoms with E-state index >= 15 is 0 Å². The number of alkyl halides is 3. The van der Waals surface area contributed by atoms with Gasteiger partial charge in [-0.2, -0.15) is 18.3 Å². The van der Waals surface area contributed by atoms with Crippen LogP contribution in [0.15, 0.2) is 36.8 Å². The summed E-state index contributed by atoms with van der Waals surface area (Å²) in [5.41, 5.74) is 0.642. The summed E-state index contributed by atoms with van der Waals surface area (Å²) < 4.78 is 54.0. The monoisotopic (exact) mass is 409 g/mol. The molecule has 2 aromatic heterocycles. The van der Waals surface area contributed by atoms with Crippen LogP contribution in [0.2, 0.25) is 0 Å². The molecule has 1 aliphatic heterocycles. The average molecular weight is 409 g/mol. The highest BCUT2D eigenvalue weighted by Gasteiger charge is 2.33. The van der Waals surface area contributed by atoms with Crippen molar-refractivity contribution in [2.75, 3.05) is 36.0 Å². The summed E-state index contributed by atoms with van der Waals surface area (Å²) in [5.74, 6) is 0.296. The Morgan fingerprint density at radius 1 is 0.966 bits per heavy atom. The molecule has 3 aromatic rings. The second-order valence-electron chi connectivity index (χ2n) is 6.87. The molecule has 0 unspecified atom stereocenters. The lowest BCUT2D eigenvalue weighted by molar-refractivity contribution is -0.141. The fraction of sp³-hybridized carbons (Fsp3) is 0.389. The van der Waals surface area contributed by atoms with Crippen LogP contribution in [-0.4, -0.2) is 50.7 Å². The molecule has 1 saturated heterocycles. The first-order valence-electron chi connectivity index (χ1n) is 9.06. The van der Waals surface area contributed by atoms with Crippen LogP contribution in [0.5, 0.6) is 0 Å². The highest BCUT2D eigenvalue weighted by molar-refractivity contribution is 5.50. The van der Waals surface area contributed by atoms with Gasteiger partial charge < -0.3 is 9.80 Å². The van der Waals surface area contributed by atoms with E-state index in [1.807, 2.05) is 11.0 Å². The van der Waals surface area contributed by atoms with Gasteiger partial charge in [0.1, 0.15) is 18.8 Å². The smallest absolute Gasteiger partial charge is 0.368 e. The molecule has 0 bridgehead atoms. The van der Waals surface area contributed by atoms with Crippen LogP contribution >= 0.6 is 0 Å². The Morgan fingerprint density at radius 2 is 1.69 bits per heavy atom. The van der Waals surface area contributed by atoms with Crippen molar-refractivity contribution in [1.82, 2.24) is 24.5 Å². The molecule has 0 amide bonds. The summed E-state index contributed by atoms with van der Waals surface area (Å²) in [5, 5.41) is 7.86. The topological polar surface area (TPSA) is 55.0 Å². The van der Waals surface area contributed by atoms with Crippen LogP contribution in [0, 0.1) is 12.7 Å². The van der Waals surface area contributed by atoms with E-state index in [2.05, 4.69) is 20.1 Å². The van der Waals surface area contributed by atoms with Crippen LogP contribution in [-0.2, 0) is 12.8 Å².